The second kappa shape index (κ2) is 9.14. The van der Waals surface area contributed by atoms with Crippen molar-refractivity contribution in [3.05, 3.63) is 67.0 Å². The molecule has 10 nitrogen and oxygen atoms in total. The van der Waals surface area contributed by atoms with Gasteiger partial charge in [0.1, 0.15) is 23.5 Å². The van der Waals surface area contributed by atoms with Crippen molar-refractivity contribution < 1.29 is 14.6 Å². The van der Waals surface area contributed by atoms with E-state index in [0.717, 1.165) is 47.5 Å². The van der Waals surface area contributed by atoms with Crippen LogP contribution < -0.4 is 5.32 Å². The Bertz CT molecular complexity index is 1820. The highest BCUT2D eigenvalue weighted by molar-refractivity contribution is 5.96. The molecule has 1 aliphatic rings. The normalized spacial score (nSPS) is 14.5. The van der Waals surface area contributed by atoms with E-state index in [1.807, 2.05) is 12.1 Å². The van der Waals surface area contributed by atoms with Crippen molar-refractivity contribution in [1.82, 2.24) is 35.1 Å². The monoisotopic (exact) mass is 522 g/mol. The minimum Gasteiger partial charge on any atom is -0.508 e. The van der Waals surface area contributed by atoms with Crippen molar-refractivity contribution in [1.29, 1.82) is 0 Å². The van der Waals surface area contributed by atoms with E-state index in [-0.39, 0.29) is 11.7 Å². The van der Waals surface area contributed by atoms with Crippen molar-refractivity contribution in [3.8, 4) is 39.7 Å². The summed E-state index contributed by atoms with van der Waals surface area (Å²) in [4.78, 5) is 21.2. The average molecular weight is 523 g/mol. The number of aromatic amines is 2. The zero-order valence-electron chi connectivity index (χ0n) is 20.6. The Morgan fingerprint density at radius 3 is 2.74 bits per heavy atom. The number of aromatic nitrogens is 7. The maximum absolute atomic E-state index is 14.0. The number of H-pyrrole nitrogens is 2. The van der Waals surface area contributed by atoms with Gasteiger partial charge in [-0.05, 0) is 48.7 Å². The number of aliphatic hydroxyl groups is 1. The van der Waals surface area contributed by atoms with Gasteiger partial charge in [-0.25, -0.2) is 14.4 Å². The SMILES string of the molecule is Oc1cc(F)cc(-c2ccnc3nc(-c4n[nH]c5cnc(-c6cncc(NC(O)C7CCC7)c6)cc45)[nH]c23)c1. The predicted molar refractivity (Wildman–Crippen MR) is 144 cm³/mol. The number of pyridine rings is 3. The number of aliphatic hydroxyl groups excluding tert-OH is 1. The number of imidazole rings is 1. The number of hydrogen-bond acceptors (Lipinski definition) is 8. The van der Waals surface area contributed by atoms with Crippen molar-refractivity contribution in [2.24, 2.45) is 5.92 Å². The number of halogens is 1. The van der Waals surface area contributed by atoms with E-state index in [0.29, 0.717) is 39.5 Å². The first kappa shape index (κ1) is 23.2. The highest BCUT2D eigenvalue weighted by Gasteiger charge is 2.25. The van der Waals surface area contributed by atoms with Crippen LogP contribution in [0.1, 0.15) is 19.3 Å². The highest BCUT2D eigenvalue weighted by atomic mass is 19.1. The van der Waals surface area contributed by atoms with Crippen LogP contribution in [0.25, 0.3) is 56.0 Å². The Labute approximate surface area is 221 Å². The molecule has 1 aliphatic carbocycles. The summed E-state index contributed by atoms with van der Waals surface area (Å²) in [6.07, 6.45) is 9.28. The molecule has 6 aromatic rings. The number of nitrogens with one attached hydrogen (secondary N) is 3. The molecule has 5 N–H and O–H groups in total. The fraction of sp³-hybridized carbons (Fsp3) is 0.179. The highest BCUT2D eigenvalue weighted by Crippen LogP contribution is 2.34. The van der Waals surface area contributed by atoms with E-state index in [1.54, 1.807) is 30.9 Å². The summed E-state index contributed by atoms with van der Waals surface area (Å²) in [7, 11) is 0. The second-order valence-electron chi connectivity index (χ2n) is 9.77. The first-order valence-corrected chi connectivity index (χ1v) is 12.6. The third-order valence-electron chi connectivity index (χ3n) is 7.20. The van der Waals surface area contributed by atoms with E-state index in [9.17, 15) is 14.6 Å². The number of rotatable bonds is 6. The molecule has 5 aromatic heterocycles. The minimum absolute atomic E-state index is 0.167. The molecule has 0 spiro atoms. The molecule has 1 unspecified atom stereocenters. The maximum atomic E-state index is 14.0. The molecule has 0 radical (unpaired) electrons. The summed E-state index contributed by atoms with van der Waals surface area (Å²) in [5.41, 5.74) is 5.66. The lowest BCUT2D eigenvalue weighted by Crippen LogP contribution is -2.33. The van der Waals surface area contributed by atoms with Crippen LogP contribution in [0.15, 0.2) is 61.2 Å². The van der Waals surface area contributed by atoms with Gasteiger partial charge in [-0.2, -0.15) is 5.10 Å². The molecule has 1 aromatic carbocycles. The Kier molecular flexibility index (Phi) is 5.44. The van der Waals surface area contributed by atoms with Crippen molar-refractivity contribution in [2.75, 3.05) is 5.32 Å². The van der Waals surface area contributed by atoms with Crippen molar-refractivity contribution in [2.45, 2.75) is 25.5 Å². The Morgan fingerprint density at radius 2 is 1.92 bits per heavy atom. The molecule has 7 rings (SSSR count). The van der Waals surface area contributed by atoms with Crippen molar-refractivity contribution >= 4 is 27.8 Å². The van der Waals surface area contributed by atoms with Crippen molar-refractivity contribution in [3.63, 3.8) is 0 Å². The molecule has 1 fully saturated rings. The smallest absolute Gasteiger partial charge is 0.178 e. The van der Waals surface area contributed by atoms with E-state index in [2.05, 4.69) is 40.4 Å². The van der Waals surface area contributed by atoms with E-state index >= 15 is 0 Å². The van der Waals surface area contributed by atoms with E-state index in [4.69, 9.17) is 0 Å². The molecule has 1 saturated carbocycles. The van der Waals surface area contributed by atoms with Gasteiger partial charge in [-0.1, -0.05) is 6.42 Å². The average Bonchev–Trinajstić information content (AvgIpc) is 3.50. The number of benzene rings is 1. The third kappa shape index (κ3) is 4.22. The molecule has 0 bridgehead atoms. The fourth-order valence-electron chi connectivity index (χ4n) is 4.95. The zero-order chi connectivity index (χ0) is 26.5. The number of phenolic OH excluding ortho intramolecular Hbond substituents is 1. The van der Waals surface area contributed by atoms with Crippen LogP contribution in [0.3, 0.4) is 0 Å². The summed E-state index contributed by atoms with van der Waals surface area (Å²) in [5, 5.41) is 31.7. The van der Waals surface area contributed by atoms with Crippen LogP contribution in [-0.2, 0) is 0 Å². The number of phenols is 1. The number of aromatic hydroxyl groups is 1. The lowest BCUT2D eigenvalue weighted by atomic mass is 9.84. The van der Waals surface area contributed by atoms with Gasteiger partial charge in [0.2, 0.25) is 0 Å². The van der Waals surface area contributed by atoms with E-state index in [1.165, 1.54) is 12.1 Å². The quantitative estimate of drug-likeness (QED) is 0.192. The molecule has 194 valence electrons. The number of hydrogen-bond donors (Lipinski definition) is 5. The van der Waals surface area contributed by atoms with Crippen LogP contribution in [0.4, 0.5) is 10.1 Å². The van der Waals surface area contributed by atoms with Crippen LogP contribution >= 0.6 is 0 Å². The van der Waals surface area contributed by atoms with Gasteiger partial charge < -0.3 is 20.5 Å². The molecule has 0 aliphatic heterocycles. The van der Waals surface area contributed by atoms with Gasteiger partial charge in [0, 0.05) is 40.9 Å². The zero-order valence-corrected chi connectivity index (χ0v) is 20.6. The minimum atomic E-state index is -0.602. The topological polar surface area (TPSA) is 149 Å². The standard InChI is InChI=1S/C28H23FN8O2/c29-17-6-15(8-19(38)9-17)20-4-5-31-26-24(20)34-27(35-26)25-21-10-22(32-13-23(21)36-37-25)16-7-18(12-30-11-16)33-28(39)14-2-1-3-14/h4-14,28,33,38-39H,1-3H2,(H,36,37)(H,31,34,35). The van der Waals surface area contributed by atoms with Gasteiger partial charge in [0.05, 0.1) is 34.8 Å². The predicted octanol–water partition coefficient (Wildman–Crippen LogP) is 5.00. The molecule has 0 saturated heterocycles. The lowest BCUT2D eigenvalue weighted by Gasteiger charge is -2.31. The lowest BCUT2D eigenvalue weighted by molar-refractivity contribution is 0.0851. The molecule has 39 heavy (non-hydrogen) atoms. The number of anilines is 1. The van der Waals surface area contributed by atoms with Gasteiger partial charge in [0.15, 0.2) is 11.5 Å². The Morgan fingerprint density at radius 1 is 1.03 bits per heavy atom. The molecule has 5 heterocycles. The maximum Gasteiger partial charge on any atom is 0.178 e. The Balaban J connectivity index is 1.26. The fourth-order valence-corrected chi connectivity index (χ4v) is 4.95. The van der Waals surface area contributed by atoms with E-state index < -0.39 is 12.0 Å². The van der Waals surface area contributed by atoms with Gasteiger partial charge in [-0.3, -0.25) is 15.1 Å². The molecule has 11 heteroatoms. The van der Waals surface area contributed by atoms with Gasteiger partial charge in [0.25, 0.3) is 0 Å². The molecular formula is C28H23FN8O2. The third-order valence-corrected chi connectivity index (χ3v) is 7.20. The molecular weight excluding hydrogens is 499 g/mol. The first-order chi connectivity index (χ1) is 19.0. The summed E-state index contributed by atoms with van der Waals surface area (Å²) in [6, 6.07) is 9.44. The van der Waals surface area contributed by atoms with Gasteiger partial charge >= 0.3 is 0 Å². The van der Waals surface area contributed by atoms with Crippen LogP contribution in [0, 0.1) is 11.7 Å². The molecule has 0 amide bonds. The second-order valence-corrected chi connectivity index (χ2v) is 9.77. The summed E-state index contributed by atoms with van der Waals surface area (Å²) >= 11 is 0. The Hall–Kier alpha value is -4.90. The number of nitrogens with zero attached hydrogens (tertiary/aromatic N) is 5. The van der Waals surface area contributed by atoms with Crippen LogP contribution in [0.5, 0.6) is 5.75 Å². The first-order valence-electron chi connectivity index (χ1n) is 12.6. The molecule has 1 atom stereocenters. The summed E-state index contributed by atoms with van der Waals surface area (Å²) in [6.45, 7) is 0. The summed E-state index contributed by atoms with van der Waals surface area (Å²) < 4.78 is 14.0. The van der Waals surface area contributed by atoms with Crippen LogP contribution in [-0.4, -0.2) is 51.6 Å². The largest absolute Gasteiger partial charge is 0.508 e. The van der Waals surface area contributed by atoms with Crippen LogP contribution in [0.2, 0.25) is 0 Å². The van der Waals surface area contributed by atoms with Gasteiger partial charge in [-0.15, -0.1) is 0 Å². The number of fused-ring (bicyclic) bond motifs is 2. The summed E-state index contributed by atoms with van der Waals surface area (Å²) in [5.74, 6) is 0.0341.